The summed E-state index contributed by atoms with van der Waals surface area (Å²) in [4.78, 5) is 0. The first-order valence-electron chi connectivity index (χ1n) is 10.9. The average Bonchev–Trinajstić information content (AvgIpc) is 2.78. The zero-order chi connectivity index (χ0) is 29.4. The Kier molecular flexibility index (Phi) is 13.8. The zero-order valence-electron chi connectivity index (χ0n) is 21.7. The molecule has 0 heterocycles. The lowest BCUT2D eigenvalue weighted by molar-refractivity contribution is -0.423. The summed E-state index contributed by atoms with van der Waals surface area (Å²) in [7, 11) is -1.71. The van der Waals surface area contributed by atoms with Gasteiger partial charge in [-0.1, -0.05) is 24.7 Å². The van der Waals surface area contributed by atoms with Gasteiger partial charge in [-0.15, -0.1) is 0 Å². The molecule has 0 aliphatic carbocycles. The lowest BCUT2D eigenvalue weighted by atomic mass is 10.2. The van der Waals surface area contributed by atoms with Crippen LogP contribution in [0.2, 0.25) is 36.8 Å². The van der Waals surface area contributed by atoms with Crippen molar-refractivity contribution in [3.8, 4) is 0 Å². The third-order valence-corrected chi connectivity index (χ3v) is 17.0. The van der Waals surface area contributed by atoms with Crippen LogP contribution < -0.4 is 0 Å². The highest BCUT2D eigenvalue weighted by Crippen LogP contribution is 2.47. The molecule has 0 spiro atoms. The molecule has 0 radical (unpaired) electrons. The smallest absolute Gasteiger partial charge is 0.377 e. The number of ether oxygens (including phenoxy) is 1. The van der Waals surface area contributed by atoms with Crippen LogP contribution in [0.25, 0.3) is 0 Å². The van der Waals surface area contributed by atoms with E-state index in [0.29, 0.717) is 0 Å². The summed E-state index contributed by atoms with van der Waals surface area (Å²) in [5.41, 5.74) is 0. The molecule has 0 N–H and O–H groups in total. The molecule has 1 unspecified atom stereocenters. The molecule has 0 amide bonds. The number of halogens is 9. The van der Waals surface area contributed by atoms with E-state index < -0.39 is 68.9 Å². The van der Waals surface area contributed by atoms with Gasteiger partial charge in [0.1, 0.15) is 6.42 Å². The average molecular weight is 619 g/mol. The van der Waals surface area contributed by atoms with E-state index in [1.54, 1.807) is 6.55 Å². The Morgan fingerprint density at radius 1 is 0.541 bits per heavy atom. The van der Waals surface area contributed by atoms with Gasteiger partial charge in [0.2, 0.25) is 0 Å². The molecule has 0 rings (SSSR count). The summed E-state index contributed by atoms with van der Waals surface area (Å²) in [6, 6.07) is -0.158. The minimum atomic E-state index is -6.04. The molecule has 1 atom stereocenters. The second kappa shape index (κ2) is 13.9. The van der Waals surface area contributed by atoms with Crippen molar-refractivity contribution >= 4 is 25.7 Å². The first kappa shape index (κ1) is 36.7. The lowest BCUT2D eigenvalue weighted by Gasteiger charge is -2.37. The normalized spacial score (nSPS) is 16.2. The number of hydrogen-bond donors (Lipinski definition) is 0. The SMILES string of the molecule is CO[Si](CC[Si](C)(CCC(F)(OC(F)(F)CC(F)(F)F)C(F)(F)F)CC[Si](OC)(OC)OC)(OC)OC. The summed E-state index contributed by atoms with van der Waals surface area (Å²) in [5.74, 6) is -5.04. The summed E-state index contributed by atoms with van der Waals surface area (Å²) in [5, 5.41) is 0. The summed E-state index contributed by atoms with van der Waals surface area (Å²) >= 11 is 0. The molecule has 37 heavy (non-hydrogen) atoms. The van der Waals surface area contributed by atoms with Crippen LogP contribution in [0.1, 0.15) is 12.8 Å². The largest absolute Gasteiger partial charge is 0.499 e. The van der Waals surface area contributed by atoms with Crippen molar-refractivity contribution < 1.29 is 70.8 Å². The summed E-state index contributed by atoms with van der Waals surface area (Å²) in [6.45, 7) is 1.58. The topological polar surface area (TPSA) is 64.6 Å². The fourth-order valence-electron chi connectivity index (χ4n) is 3.62. The minimum absolute atomic E-state index is 0.0944. The molecule has 7 nitrogen and oxygen atoms in total. The van der Waals surface area contributed by atoms with Crippen LogP contribution in [0.4, 0.5) is 39.5 Å². The van der Waals surface area contributed by atoms with Crippen molar-refractivity contribution in [1.29, 1.82) is 0 Å². The number of rotatable bonds is 18. The maximum atomic E-state index is 14.9. The van der Waals surface area contributed by atoms with Crippen molar-refractivity contribution in [1.82, 2.24) is 0 Å². The predicted molar refractivity (Wildman–Crippen MR) is 120 cm³/mol. The molecule has 0 aliphatic heterocycles. The van der Waals surface area contributed by atoms with Gasteiger partial charge in [0.25, 0.3) is 0 Å². The van der Waals surface area contributed by atoms with E-state index in [4.69, 9.17) is 26.6 Å². The van der Waals surface area contributed by atoms with E-state index in [9.17, 15) is 39.5 Å². The van der Waals surface area contributed by atoms with E-state index in [2.05, 4.69) is 4.74 Å². The Balaban J connectivity index is 6.09. The van der Waals surface area contributed by atoms with Gasteiger partial charge in [-0.05, 0) is 0 Å². The minimum Gasteiger partial charge on any atom is -0.377 e. The van der Waals surface area contributed by atoms with E-state index in [1.807, 2.05) is 0 Å². The molecular formula is C18H35F9O7Si3. The van der Waals surface area contributed by atoms with Crippen molar-refractivity contribution in [2.75, 3.05) is 42.7 Å². The maximum Gasteiger partial charge on any atom is 0.499 e. The predicted octanol–water partition coefficient (Wildman–Crippen LogP) is 6.00. The van der Waals surface area contributed by atoms with Crippen LogP contribution in [-0.2, 0) is 31.3 Å². The molecule has 0 aromatic carbocycles. The molecule has 19 heteroatoms. The molecule has 0 aromatic rings. The molecule has 0 fully saturated rings. The number of alkyl halides is 9. The highest BCUT2D eigenvalue weighted by Gasteiger charge is 2.63. The van der Waals surface area contributed by atoms with Crippen LogP contribution in [0, 0.1) is 0 Å². The maximum absolute atomic E-state index is 14.9. The van der Waals surface area contributed by atoms with Gasteiger partial charge < -0.3 is 26.6 Å². The van der Waals surface area contributed by atoms with Crippen LogP contribution in [-0.4, -0.2) is 92.7 Å². The lowest BCUT2D eigenvalue weighted by Crippen LogP contribution is -2.51. The molecular weight excluding hydrogens is 583 g/mol. The zero-order valence-corrected chi connectivity index (χ0v) is 24.7. The molecule has 0 aliphatic rings. The van der Waals surface area contributed by atoms with Gasteiger partial charge in [0, 0.05) is 61.2 Å². The number of hydrogen-bond acceptors (Lipinski definition) is 7. The van der Waals surface area contributed by atoms with E-state index in [-0.39, 0.29) is 24.2 Å². The molecule has 0 saturated carbocycles. The van der Waals surface area contributed by atoms with Crippen molar-refractivity contribution in [3.05, 3.63) is 0 Å². The van der Waals surface area contributed by atoms with E-state index in [1.165, 1.54) is 42.7 Å². The van der Waals surface area contributed by atoms with Crippen molar-refractivity contribution in [2.24, 2.45) is 0 Å². The molecule has 0 bridgehead atoms. The van der Waals surface area contributed by atoms with Gasteiger partial charge in [0.15, 0.2) is 0 Å². The van der Waals surface area contributed by atoms with Crippen molar-refractivity contribution in [3.63, 3.8) is 0 Å². The van der Waals surface area contributed by atoms with Crippen molar-refractivity contribution in [2.45, 2.75) is 73.9 Å². The Hall–Kier alpha value is -0.259. The van der Waals surface area contributed by atoms with Gasteiger partial charge >= 0.3 is 41.9 Å². The van der Waals surface area contributed by atoms with Gasteiger partial charge in [-0.3, -0.25) is 4.74 Å². The highest BCUT2D eigenvalue weighted by molar-refractivity contribution is 6.81. The Morgan fingerprint density at radius 3 is 1.16 bits per heavy atom. The Morgan fingerprint density at radius 2 is 0.892 bits per heavy atom. The summed E-state index contributed by atoms with van der Waals surface area (Å²) in [6.07, 6.45) is -21.8. The fraction of sp³-hybridized carbons (Fsp3) is 1.00. The van der Waals surface area contributed by atoms with E-state index >= 15 is 0 Å². The Bertz CT molecular complexity index is 638. The van der Waals surface area contributed by atoms with Crippen LogP contribution in [0.5, 0.6) is 0 Å². The van der Waals surface area contributed by atoms with E-state index in [0.717, 1.165) is 0 Å². The third-order valence-electron chi connectivity index (χ3n) is 6.13. The van der Waals surface area contributed by atoms with Crippen LogP contribution >= 0.6 is 0 Å². The highest BCUT2D eigenvalue weighted by atomic mass is 28.4. The first-order valence-corrected chi connectivity index (χ1v) is 17.8. The van der Waals surface area contributed by atoms with Gasteiger partial charge in [-0.25, -0.2) is 4.39 Å². The molecule has 0 saturated heterocycles. The van der Waals surface area contributed by atoms with Gasteiger partial charge in [0.05, 0.1) is 8.07 Å². The second-order valence-electron chi connectivity index (χ2n) is 8.66. The second-order valence-corrected chi connectivity index (χ2v) is 20.0. The fourth-order valence-corrected chi connectivity index (χ4v) is 14.8. The summed E-state index contributed by atoms with van der Waals surface area (Å²) < 4.78 is 155. The monoisotopic (exact) mass is 618 g/mol. The van der Waals surface area contributed by atoms with Crippen LogP contribution in [0.15, 0.2) is 0 Å². The van der Waals surface area contributed by atoms with Gasteiger partial charge in [-0.2, -0.15) is 35.1 Å². The standard InChI is InChI=1S/C18H35F9O7Si3/c1-28-36(29-2,30-3)12-10-35(7,11-13-37(31-4,32-5)33-6)9-8-15(19,18(25,26)27)34-17(23,24)14-16(20,21)22/h8-14H2,1-7H3. The quantitative estimate of drug-likeness (QED) is 0.138. The van der Waals surface area contributed by atoms with Crippen LogP contribution in [0.3, 0.4) is 0 Å². The first-order chi connectivity index (χ1) is 16.6. The molecule has 224 valence electrons. The molecule has 0 aromatic heterocycles. The third kappa shape index (κ3) is 11.4. The Labute approximate surface area is 213 Å².